The van der Waals surface area contributed by atoms with Gasteiger partial charge in [0, 0.05) is 11.8 Å². The summed E-state index contributed by atoms with van der Waals surface area (Å²) in [5, 5.41) is 36.1. The van der Waals surface area contributed by atoms with Gasteiger partial charge < -0.3 is 39.6 Å². The molecular formula is C35H53NO10. The minimum atomic E-state index is -1.98. The lowest BCUT2D eigenvalue weighted by Crippen LogP contribution is -2.57. The second-order valence-corrected chi connectivity index (χ2v) is 13.2. The van der Waals surface area contributed by atoms with Crippen molar-refractivity contribution in [1.82, 2.24) is 5.32 Å². The number of benzene rings is 1. The van der Waals surface area contributed by atoms with E-state index in [1.807, 2.05) is 13.8 Å². The highest BCUT2D eigenvalue weighted by Gasteiger charge is 2.46. The first kappa shape index (κ1) is 37.8. The number of ether oxygens (including phenoxy) is 4. The van der Waals surface area contributed by atoms with Gasteiger partial charge in [0.05, 0.1) is 42.4 Å². The van der Waals surface area contributed by atoms with Crippen LogP contribution in [0, 0.1) is 23.7 Å². The van der Waals surface area contributed by atoms with E-state index in [-0.39, 0.29) is 35.8 Å². The van der Waals surface area contributed by atoms with Crippen molar-refractivity contribution in [1.29, 1.82) is 0 Å². The van der Waals surface area contributed by atoms with Crippen LogP contribution >= 0.6 is 0 Å². The molecule has 0 aromatic heterocycles. The topological polar surface area (TPSA) is 161 Å². The number of esters is 2. The van der Waals surface area contributed by atoms with Gasteiger partial charge in [-0.25, -0.2) is 4.79 Å². The third kappa shape index (κ3) is 8.81. The van der Waals surface area contributed by atoms with Crippen LogP contribution in [0.15, 0.2) is 42.0 Å². The number of hydrogen-bond acceptors (Lipinski definition) is 11. The van der Waals surface area contributed by atoms with Crippen molar-refractivity contribution in [2.24, 2.45) is 23.7 Å². The fourth-order valence-corrected chi connectivity index (χ4v) is 6.72. The molecule has 0 saturated carbocycles. The quantitative estimate of drug-likeness (QED) is 0.322. The molecule has 0 spiro atoms. The molecule has 1 aromatic carbocycles. The molecule has 1 saturated heterocycles. The number of cyclic esters (lactones) is 1. The normalized spacial score (nSPS) is 39.5. The van der Waals surface area contributed by atoms with E-state index < -0.39 is 72.6 Å². The first-order chi connectivity index (χ1) is 21.7. The van der Waals surface area contributed by atoms with Gasteiger partial charge in [-0.05, 0) is 76.8 Å². The second-order valence-electron chi connectivity index (χ2n) is 13.2. The number of carbonyl (C=O) groups is 3. The van der Waals surface area contributed by atoms with Gasteiger partial charge in [0.2, 0.25) is 0 Å². The Balaban J connectivity index is 2.01. The first-order valence-electron chi connectivity index (χ1n) is 16.4. The van der Waals surface area contributed by atoms with Crippen LogP contribution in [0.5, 0.6) is 0 Å². The lowest BCUT2D eigenvalue weighted by atomic mass is 9.79. The number of ketones is 1. The van der Waals surface area contributed by atoms with Gasteiger partial charge in [-0.2, -0.15) is 0 Å². The Hall–Kier alpha value is -2.67. The molecule has 1 fully saturated rings. The number of Topliss-reactive ketones (excluding diaryl/α,β-unsaturated/α-hetero) is 1. The van der Waals surface area contributed by atoms with E-state index in [0.29, 0.717) is 18.4 Å². The number of rotatable bonds is 7. The summed E-state index contributed by atoms with van der Waals surface area (Å²) in [7, 11) is 1.78. The van der Waals surface area contributed by atoms with E-state index in [2.05, 4.69) is 5.32 Å². The Bertz CT molecular complexity index is 1210. The highest BCUT2D eigenvalue weighted by atomic mass is 16.7. The zero-order chi connectivity index (χ0) is 34.3. The summed E-state index contributed by atoms with van der Waals surface area (Å²) < 4.78 is 24.6. The largest absolute Gasteiger partial charge is 0.459 e. The standard InChI is InChI=1S/C35H53NO10/c1-9-27-35(42,18-37)17-21(4)28(38)19(2)15-20(3)30(23(6)29(39)24(7)32(40)44-27)46-34-31(26(36-8)16-22(5)43-34)45-33(41)25-13-11-10-12-14-25/h10-14,17,19-20,22-24,26-27,29-31,34,36-37,39,42H,9,15-16,18H2,1-8H3/b21-17+/t19-,20+,22-,23+,24-,26+,27?,29+,30+,31-,34+,35-/m1/s1. The molecule has 0 radical (unpaired) electrons. The Labute approximate surface area is 272 Å². The molecule has 2 aliphatic heterocycles. The molecule has 0 amide bonds. The molecular weight excluding hydrogens is 594 g/mol. The van der Waals surface area contributed by atoms with E-state index in [1.165, 1.54) is 13.0 Å². The van der Waals surface area contributed by atoms with Crippen LogP contribution in [-0.4, -0.2) is 95.1 Å². The Kier molecular flexibility index (Phi) is 13.5. The van der Waals surface area contributed by atoms with Gasteiger partial charge in [0.1, 0.15) is 11.7 Å². The molecule has 2 heterocycles. The molecule has 11 nitrogen and oxygen atoms in total. The van der Waals surface area contributed by atoms with E-state index in [4.69, 9.17) is 18.9 Å². The molecule has 1 aromatic rings. The maximum absolute atomic E-state index is 13.5. The summed E-state index contributed by atoms with van der Waals surface area (Å²) in [5.74, 6) is -4.10. The molecule has 3 rings (SSSR count). The maximum atomic E-state index is 13.5. The van der Waals surface area contributed by atoms with Gasteiger partial charge in [-0.15, -0.1) is 0 Å². The van der Waals surface area contributed by atoms with E-state index >= 15 is 0 Å². The van der Waals surface area contributed by atoms with Gasteiger partial charge in [0.15, 0.2) is 18.2 Å². The highest BCUT2D eigenvalue weighted by Crippen LogP contribution is 2.35. The van der Waals surface area contributed by atoms with Crippen molar-refractivity contribution in [3.05, 3.63) is 47.5 Å². The van der Waals surface area contributed by atoms with E-state index in [9.17, 15) is 29.7 Å². The number of nitrogens with one attached hydrogen (secondary N) is 1. The zero-order valence-electron chi connectivity index (χ0n) is 28.3. The number of hydrogen-bond donors (Lipinski definition) is 4. The van der Waals surface area contributed by atoms with Gasteiger partial charge >= 0.3 is 11.9 Å². The average Bonchev–Trinajstić information content (AvgIpc) is 3.04. The Morgan fingerprint density at radius 1 is 1.07 bits per heavy atom. The summed E-state index contributed by atoms with van der Waals surface area (Å²) >= 11 is 0. The highest BCUT2D eigenvalue weighted by molar-refractivity contribution is 5.96. The van der Waals surface area contributed by atoms with E-state index in [0.717, 1.165) is 0 Å². The molecule has 11 heteroatoms. The van der Waals surface area contributed by atoms with Crippen molar-refractivity contribution >= 4 is 17.7 Å². The third-order valence-electron chi connectivity index (χ3n) is 9.50. The van der Waals surface area contributed by atoms with Crippen LogP contribution in [0.3, 0.4) is 0 Å². The zero-order valence-corrected chi connectivity index (χ0v) is 28.3. The fourth-order valence-electron chi connectivity index (χ4n) is 6.72. The smallest absolute Gasteiger partial charge is 0.338 e. The second kappa shape index (κ2) is 16.4. The lowest BCUT2D eigenvalue weighted by molar-refractivity contribution is -0.276. The number of carbonyl (C=O) groups excluding carboxylic acids is 3. The van der Waals surface area contributed by atoms with Crippen molar-refractivity contribution in [3.63, 3.8) is 0 Å². The van der Waals surface area contributed by atoms with Crippen molar-refractivity contribution < 1.29 is 48.7 Å². The summed E-state index contributed by atoms with van der Waals surface area (Å²) in [5.41, 5.74) is -1.37. The van der Waals surface area contributed by atoms with Gasteiger partial charge in [-0.1, -0.05) is 45.9 Å². The monoisotopic (exact) mass is 647 g/mol. The fraction of sp³-hybridized carbons (Fsp3) is 0.686. The SMILES string of the molecule is CCC1OC(=O)[C@H](C)[C@@H](O)[C@H](C)[C@@H](O[C@@H]2O[C@H](C)C[C@H](NC)[C@H]2OC(=O)c2ccccc2)[C@@H](C)C[C@@H](C)C(=O)/C(C)=C/[C@@]1(O)CO. The van der Waals surface area contributed by atoms with Crippen molar-refractivity contribution in [3.8, 4) is 0 Å². The number of allylic oxidation sites excluding steroid dienone is 1. The van der Waals surface area contributed by atoms with Crippen LogP contribution < -0.4 is 5.32 Å². The maximum Gasteiger partial charge on any atom is 0.338 e. The minimum absolute atomic E-state index is 0.157. The van der Waals surface area contributed by atoms with Gasteiger partial charge in [0.25, 0.3) is 0 Å². The molecule has 12 atom stereocenters. The summed E-state index contributed by atoms with van der Waals surface area (Å²) in [6.45, 7) is 11.4. The first-order valence-corrected chi connectivity index (χ1v) is 16.4. The molecule has 0 aliphatic carbocycles. The summed E-state index contributed by atoms with van der Waals surface area (Å²) in [6, 6.07) is 8.33. The molecule has 46 heavy (non-hydrogen) atoms. The summed E-state index contributed by atoms with van der Waals surface area (Å²) in [6.07, 6.45) is -2.94. The molecule has 258 valence electrons. The van der Waals surface area contributed by atoms with Crippen LogP contribution in [0.25, 0.3) is 0 Å². The molecule has 4 N–H and O–H groups in total. The van der Waals surface area contributed by atoms with Crippen molar-refractivity contribution in [2.75, 3.05) is 13.7 Å². The Morgan fingerprint density at radius 2 is 1.72 bits per heavy atom. The third-order valence-corrected chi connectivity index (χ3v) is 9.50. The predicted molar refractivity (Wildman–Crippen MR) is 171 cm³/mol. The van der Waals surface area contributed by atoms with E-state index in [1.54, 1.807) is 65.1 Å². The van der Waals surface area contributed by atoms with Crippen LogP contribution in [0.1, 0.15) is 78.1 Å². The predicted octanol–water partition coefficient (Wildman–Crippen LogP) is 3.19. The number of aliphatic hydroxyl groups excluding tert-OH is 2. The molecule has 2 aliphatic rings. The molecule has 0 bridgehead atoms. The van der Waals surface area contributed by atoms with Crippen molar-refractivity contribution in [2.45, 2.75) is 116 Å². The molecule has 1 unspecified atom stereocenters. The Morgan fingerprint density at radius 3 is 2.30 bits per heavy atom. The van der Waals surface area contributed by atoms with Crippen LogP contribution in [0.2, 0.25) is 0 Å². The summed E-state index contributed by atoms with van der Waals surface area (Å²) in [4.78, 5) is 40.0. The number of likely N-dealkylation sites (N-methyl/N-ethyl adjacent to an activating group) is 1. The average molecular weight is 648 g/mol. The minimum Gasteiger partial charge on any atom is -0.459 e. The lowest BCUT2D eigenvalue weighted by Gasteiger charge is -2.44. The number of aliphatic hydroxyl groups is 3. The van der Waals surface area contributed by atoms with Crippen LogP contribution in [0.4, 0.5) is 0 Å². The van der Waals surface area contributed by atoms with Gasteiger partial charge in [-0.3, -0.25) is 9.59 Å². The van der Waals surface area contributed by atoms with Crippen LogP contribution in [-0.2, 0) is 28.5 Å².